The highest BCUT2D eigenvalue weighted by Crippen LogP contribution is 2.19. The monoisotopic (exact) mass is 349 g/mol. The van der Waals surface area contributed by atoms with E-state index in [9.17, 15) is 0 Å². The van der Waals surface area contributed by atoms with Gasteiger partial charge in [0.05, 0.1) is 26.4 Å². The summed E-state index contributed by atoms with van der Waals surface area (Å²) < 4.78 is 16.6. The molecule has 0 radical (unpaired) electrons. The van der Waals surface area contributed by atoms with E-state index in [2.05, 4.69) is 34.7 Å². The minimum absolute atomic E-state index is 0.279. The van der Waals surface area contributed by atoms with Gasteiger partial charge in [-0.1, -0.05) is 17.7 Å². The Bertz CT molecular complexity index is 543. The predicted molar refractivity (Wildman–Crippen MR) is 101 cm³/mol. The summed E-state index contributed by atoms with van der Waals surface area (Å²) in [4.78, 5) is 4.24. The first-order valence-electron chi connectivity index (χ1n) is 9.00. The van der Waals surface area contributed by atoms with Gasteiger partial charge in [0.1, 0.15) is 5.75 Å². The largest absolute Gasteiger partial charge is 0.496 e. The fourth-order valence-electron chi connectivity index (χ4n) is 2.87. The van der Waals surface area contributed by atoms with Gasteiger partial charge in [-0.3, -0.25) is 4.99 Å². The van der Waals surface area contributed by atoms with E-state index >= 15 is 0 Å². The number of hydrogen-bond acceptors (Lipinski definition) is 4. The number of aliphatic imine (C=N–C) groups is 1. The molecule has 25 heavy (non-hydrogen) atoms. The summed E-state index contributed by atoms with van der Waals surface area (Å²) in [5.74, 6) is 1.71. The second kappa shape index (κ2) is 10.9. The number of nitrogens with one attached hydrogen (secondary N) is 2. The van der Waals surface area contributed by atoms with Gasteiger partial charge in [0.15, 0.2) is 5.96 Å². The fraction of sp³-hybridized carbons (Fsp3) is 0.632. The van der Waals surface area contributed by atoms with Crippen molar-refractivity contribution >= 4 is 5.96 Å². The Balaban J connectivity index is 1.62. The zero-order chi connectivity index (χ0) is 17.9. The lowest BCUT2D eigenvalue weighted by molar-refractivity contribution is 0.0191. The van der Waals surface area contributed by atoms with E-state index in [-0.39, 0.29) is 6.10 Å². The Morgan fingerprint density at radius 1 is 1.32 bits per heavy atom. The molecule has 0 bridgehead atoms. The zero-order valence-electron chi connectivity index (χ0n) is 15.6. The minimum atomic E-state index is 0.279. The van der Waals surface area contributed by atoms with Crippen molar-refractivity contribution in [2.24, 2.45) is 4.99 Å². The van der Waals surface area contributed by atoms with Crippen molar-refractivity contribution in [3.05, 3.63) is 29.3 Å². The quantitative estimate of drug-likeness (QED) is 0.405. The van der Waals surface area contributed by atoms with E-state index in [0.717, 1.165) is 50.7 Å². The minimum Gasteiger partial charge on any atom is -0.496 e. The van der Waals surface area contributed by atoms with Crippen LogP contribution < -0.4 is 15.4 Å². The number of nitrogens with zero attached hydrogens (tertiary/aromatic N) is 1. The van der Waals surface area contributed by atoms with E-state index in [1.807, 2.05) is 6.07 Å². The highest BCUT2D eigenvalue weighted by atomic mass is 16.5. The number of ether oxygens (including phenoxy) is 3. The van der Waals surface area contributed by atoms with Crippen LogP contribution in [0.3, 0.4) is 0 Å². The molecule has 0 saturated carbocycles. The third-order valence-electron chi connectivity index (χ3n) is 4.21. The second-order valence-electron chi connectivity index (χ2n) is 6.20. The van der Waals surface area contributed by atoms with Gasteiger partial charge in [0.2, 0.25) is 0 Å². The molecule has 1 saturated heterocycles. The Morgan fingerprint density at radius 3 is 2.88 bits per heavy atom. The highest BCUT2D eigenvalue weighted by Gasteiger charge is 2.14. The van der Waals surface area contributed by atoms with Crippen molar-refractivity contribution in [2.45, 2.75) is 32.3 Å². The van der Waals surface area contributed by atoms with Crippen LogP contribution in [0, 0.1) is 6.92 Å². The number of rotatable bonds is 9. The van der Waals surface area contributed by atoms with Gasteiger partial charge in [-0.25, -0.2) is 0 Å². The van der Waals surface area contributed by atoms with Crippen molar-refractivity contribution in [3.63, 3.8) is 0 Å². The maximum atomic E-state index is 5.64. The lowest BCUT2D eigenvalue weighted by Gasteiger charge is -2.14. The van der Waals surface area contributed by atoms with Crippen molar-refractivity contribution in [1.82, 2.24) is 10.6 Å². The summed E-state index contributed by atoms with van der Waals surface area (Å²) in [6.07, 6.45) is 3.41. The average molecular weight is 349 g/mol. The lowest BCUT2D eigenvalue weighted by atomic mass is 10.1. The number of hydrogen-bond donors (Lipinski definition) is 2. The van der Waals surface area contributed by atoms with Crippen LogP contribution in [0.2, 0.25) is 0 Å². The average Bonchev–Trinajstić information content (AvgIpc) is 3.13. The number of aryl methyl sites for hydroxylation is 1. The molecule has 0 amide bonds. The standard InChI is InChI=1S/C19H31N3O3/c1-15-6-7-18(23-3)16(13-15)8-9-21-19(20-2)22-10-12-24-14-17-5-4-11-25-17/h6-7,13,17H,4-5,8-12,14H2,1-3H3,(H2,20,21,22). The molecule has 0 aliphatic carbocycles. The molecule has 6 nitrogen and oxygen atoms in total. The van der Waals surface area contributed by atoms with Gasteiger partial charge in [0, 0.05) is 26.7 Å². The molecule has 1 aliphatic rings. The molecule has 1 fully saturated rings. The van der Waals surface area contributed by atoms with E-state index in [1.165, 1.54) is 11.1 Å². The maximum absolute atomic E-state index is 5.64. The number of methoxy groups -OCH3 is 1. The molecular formula is C19H31N3O3. The Morgan fingerprint density at radius 2 is 2.16 bits per heavy atom. The molecule has 0 spiro atoms. The van der Waals surface area contributed by atoms with E-state index in [0.29, 0.717) is 13.2 Å². The first-order valence-corrected chi connectivity index (χ1v) is 9.00. The van der Waals surface area contributed by atoms with E-state index < -0.39 is 0 Å². The maximum Gasteiger partial charge on any atom is 0.191 e. The van der Waals surface area contributed by atoms with Crippen molar-refractivity contribution in [1.29, 1.82) is 0 Å². The van der Waals surface area contributed by atoms with Gasteiger partial charge >= 0.3 is 0 Å². The third kappa shape index (κ3) is 6.92. The molecule has 1 aromatic rings. The summed E-state index contributed by atoms with van der Waals surface area (Å²) in [6, 6.07) is 6.24. The van der Waals surface area contributed by atoms with Gasteiger partial charge < -0.3 is 24.8 Å². The molecule has 2 rings (SSSR count). The van der Waals surface area contributed by atoms with Gasteiger partial charge in [-0.2, -0.15) is 0 Å². The van der Waals surface area contributed by atoms with Crippen LogP contribution in [-0.2, 0) is 15.9 Å². The van der Waals surface area contributed by atoms with E-state index in [4.69, 9.17) is 14.2 Å². The normalized spacial score (nSPS) is 17.6. The van der Waals surface area contributed by atoms with Crippen molar-refractivity contribution in [2.75, 3.05) is 47.1 Å². The van der Waals surface area contributed by atoms with Gasteiger partial charge in [-0.05, 0) is 37.8 Å². The third-order valence-corrected chi connectivity index (χ3v) is 4.21. The van der Waals surface area contributed by atoms with Crippen molar-refractivity contribution in [3.8, 4) is 5.75 Å². The molecule has 140 valence electrons. The molecule has 0 aromatic heterocycles. The molecule has 1 unspecified atom stereocenters. The molecule has 1 aromatic carbocycles. The van der Waals surface area contributed by atoms with Crippen LogP contribution in [0.25, 0.3) is 0 Å². The Hall–Kier alpha value is -1.79. The van der Waals surface area contributed by atoms with E-state index in [1.54, 1.807) is 14.2 Å². The molecule has 2 N–H and O–H groups in total. The summed E-state index contributed by atoms with van der Waals surface area (Å²) in [6.45, 7) is 5.80. The summed E-state index contributed by atoms with van der Waals surface area (Å²) in [7, 11) is 3.48. The summed E-state index contributed by atoms with van der Waals surface area (Å²) in [5.41, 5.74) is 2.44. The molecule has 1 aliphatic heterocycles. The second-order valence-corrected chi connectivity index (χ2v) is 6.20. The Labute approximate surface area is 151 Å². The lowest BCUT2D eigenvalue weighted by Crippen LogP contribution is -2.40. The predicted octanol–water partition coefficient (Wildman–Crippen LogP) is 1.91. The SMILES string of the molecule is CN=C(NCCOCC1CCCO1)NCCc1cc(C)ccc1OC. The first-order chi connectivity index (χ1) is 12.2. The number of benzene rings is 1. The van der Waals surface area contributed by atoms with Gasteiger partial charge in [-0.15, -0.1) is 0 Å². The highest BCUT2D eigenvalue weighted by molar-refractivity contribution is 5.79. The van der Waals surface area contributed by atoms with Crippen molar-refractivity contribution < 1.29 is 14.2 Å². The van der Waals surface area contributed by atoms with Crippen LogP contribution in [0.4, 0.5) is 0 Å². The first kappa shape index (κ1) is 19.5. The molecule has 1 atom stereocenters. The van der Waals surface area contributed by atoms with Crippen LogP contribution in [0.5, 0.6) is 5.75 Å². The summed E-state index contributed by atoms with van der Waals surface area (Å²) >= 11 is 0. The van der Waals surface area contributed by atoms with Gasteiger partial charge in [0.25, 0.3) is 0 Å². The summed E-state index contributed by atoms with van der Waals surface area (Å²) in [5, 5.41) is 6.59. The van der Waals surface area contributed by atoms with Crippen LogP contribution in [0.15, 0.2) is 23.2 Å². The fourth-order valence-corrected chi connectivity index (χ4v) is 2.87. The van der Waals surface area contributed by atoms with Crippen LogP contribution >= 0.6 is 0 Å². The topological polar surface area (TPSA) is 64.1 Å². The molecule has 6 heteroatoms. The van der Waals surface area contributed by atoms with Crippen LogP contribution in [-0.4, -0.2) is 59.1 Å². The molecular weight excluding hydrogens is 318 g/mol. The van der Waals surface area contributed by atoms with Crippen LogP contribution in [0.1, 0.15) is 24.0 Å². The smallest absolute Gasteiger partial charge is 0.191 e. The number of guanidine groups is 1. The Kier molecular flexibility index (Phi) is 8.55. The zero-order valence-corrected chi connectivity index (χ0v) is 15.6. The molecule has 1 heterocycles.